The molecule has 2 rings (SSSR count). The molecule has 20 heavy (non-hydrogen) atoms. The van der Waals surface area contributed by atoms with E-state index in [0.717, 1.165) is 44.3 Å². The summed E-state index contributed by atoms with van der Waals surface area (Å²) in [5.41, 5.74) is 1.22. The summed E-state index contributed by atoms with van der Waals surface area (Å²) >= 11 is 0. The zero-order valence-electron chi connectivity index (χ0n) is 12.6. The predicted molar refractivity (Wildman–Crippen MR) is 83.5 cm³/mol. The molecule has 110 valence electrons. The van der Waals surface area contributed by atoms with Gasteiger partial charge in [0.1, 0.15) is 5.75 Å². The van der Waals surface area contributed by atoms with E-state index >= 15 is 0 Å². The standard InChI is InChI=1S/C16H25N3O/c1-3-17-16(19-12-6-7-13-19)18-11-10-14-8-4-5-9-15(14)20-2/h4-5,8-9H,3,6-7,10-13H2,1-2H3,(H,17,18). The van der Waals surface area contributed by atoms with Crippen LogP contribution in [-0.2, 0) is 6.42 Å². The zero-order chi connectivity index (χ0) is 14.2. The van der Waals surface area contributed by atoms with Gasteiger partial charge in [-0.15, -0.1) is 0 Å². The first-order valence-electron chi connectivity index (χ1n) is 7.50. The average molecular weight is 275 g/mol. The van der Waals surface area contributed by atoms with Crippen molar-refractivity contribution in [3.8, 4) is 5.75 Å². The Morgan fingerprint density at radius 3 is 2.75 bits per heavy atom. The number of hydrogen-bond donors (Lipinski definition) is 1. The molecule has 0 spiro atoms. The first kappa shape index (κ1) is 14.7. The minimum atomic E-state index is 0.791. The highest BCUT2D eigenvalue weighted by atomic mass is 16.5. The molecule has 4 nitrogen and oxygen atoms in total. The van der Waals surface area contributed by atoms with Crippen LogP contribution in [0.2, 0.25) is 0 Å². The van der Waals surface area contributed by atoms with Gasteiger partial charge in [-0.25, -0.2) is 0 Å². The largest absolute Gasteiger partial charge is 0.496 e. The molecule has 1 aromatic carbocycles. The van der Waals surface area contributed by atoms with Gasteiger partial charge in [0, 0.05) is 26.2 Å². The lowest BCUT2D eigenvalue weighted by Gasteiger charge is -2.20. The maximum atomic E-state index is 5.38. The molecular weight excluding hydrogens is 250 g/mol. The second-order valence-corrected chi connectivity index (χ2v) is 4.99. The molecule has 0 saturated carbocycles. The Labute approximate surface area is 121 Å². The predicted octanol–water partition coefficient (Wildman–Crippen LogP) is 2.30. The monoisotopic (exact) mass is 275 g/mol. The summed E-state index contributed by atoms with van der Waals surface area (Å²) in [6.45, 7) is 6.08. The highest BCUT2D eigenvalue weighted by Gasteiger charge is 2.15. The minimum absolute atomic E-state index is 0.791. The van der Waals surface area contributed by atoms with Crippen molar-refractivity contribution in [2.75, 3.05) is 33.3 Å². The minimum Gasteiger partial charge on any atom is -0.496 e. The van der Waals surface area contributed by atoms with Gasteiger partial charge in [0.15, 0.2) is 5.96 Å². The molecule has 4 heteroatoms. The molecule has 1 aliphatic heterocycles. The van der Waals surface area contributed by atoms with Gasteiger partial charge in [-0.2, -0.15) is 0 Å². The van der Waals surface area contributed by atoms with Crippen LogP contribution in [0.4, 0.5) is 0 Å². The number of rotatable bonds is 5. The van der Waals surface area contributed by atoms with Crippen LogP contribution in [0, 0.1) is 0 Å². The van der Waals surface area contributed by atoms with Crippen molar-refractivity contribution in [1.29, 1.82) is 0 Å². The Morgan fingerprint density at radius 1 is 1.30 bits per heavy atom. The molecule has 0 atom stereocenters. The van der Waals surface area contributed by atoms with Gasteiger partial charge >= 0.3 is 0 Å². The van der Waals surface area contributed by atoms with Crippen LogP contribution in [0.25, 0.3) is 0 Å². The number of nitrogens with zero attached hydrogens (tertiary/aromatic N) is 2. The number of benzene rings is 1. The van der Waals surface area contributed by atoms with E-state index in [4.69, 9.17) is 9.73 Å². The van der Waals surface area contributed by atoms with Gasteiger partial charge in [0.2, 0.25) is 0 Å². The molecule has 1 aromatic rings. The van der Waals surface area contributed by atoms with Crippen LogP contribution in [0.5, 0.6) is 5.75 Å². The summed E-state index contributed by atoms with van der Waals surface area (Å²) in [6.07, 6.45) is 3.46. The number of methoxy groups -OCH3 is 1. The van der Waals surface area contributed by atoms with E-state index in [2.05, 4.69) is 23.2 Å². The lowest BCUT2D eigenvalue weighted by molar-refractivity contribution is 0.409. The van der Waals surface area contributed by atoms with Crippen LogP contribution in [-0.4, -0.2) is 44.1 Å². The van der Waals surface area contributed by atoms with Crippen LogP contribution >= 0.6 is 0 Å². The highest BCUT2D eigenvalue weighted by molar-refractivity contribution is 5.80. The molecule has 1 N–H and O–H groups in total. The highest BCUT2D eigenvalue weighted by Crippen LogP contribution is 2.17. The van der Waals surface area contributed by atoms with Crippen molar-refractivity contribution in [2.45, 2.75) is 26.2 Å². The van der Waals surface area contributed by atoms with E-state index in [1.165, 1.54) is 18.4 Å². The summed E-state index contributed by atoms with van der Waals surface area (Å²) in [4.78, 5) is 7.09. The first-order chi connectivity index (χ1) is 9.85. The van der Waals surface area contributed by atoms with Crippen molar-refractivity contribution in [3.05, 3.63) is 29.8 Å². The maximum Gasteiger partial charge on any atom is 0.193 e. The van der Waals surface area contributed by atoms with Gasteiger partial charge in [0.05, 0.1) is 7.11 Å². The zero-order valence-corrected chi connectivity index (χ0v) is 12.6. The Morgan fingerprint density at radius 2 is 2.05 bits per heavy atom. The molecule has 1 heterocycles. The number of nitrogens with one attached hydrogen (secondary N) is 1. The van der Waals surface area contributed by atoms with Crippen molar-refractivity contribution in [3.63, 3.8) is 0 Å². The van der Waals surface area contributed by atoms with Crippen LogP contribution in [0.1, 0.15) is 25.3 Å². The topological polar surface area (TPSA) is 36.9 Å². The quantitative estimate of drug-likeness (QED) is 0.662. The SMILES string of the molecule is CCNC(=NCCc1ccccc1OC)N1CCCC1. The summed E-state index contributed by atoms with van der Waals surface area (Å²) in [7, 11) is 1.72. The number of hydrogen-bond acceptors (Lipinski definition) is 2. The average Bonchev–Trinajstić information content (AvgIpc) is 3.01. The first-order valence-corrected chi connectivity index (χ1v) is 7.50. The number of aliphatic imine (C=N–C) groups is 1. The van der Waals surface area contributed by atoms with Gasteiger partial charge in [-0.3, -0.25) is 4.99 Å². The van der Waals surface area contributed by atoms with E-state index in [0.29, 0.717) is 0 Å². The maximum absolute atomic E-state index is 5.38. The van der Waals surface area contributed by atoms with Crippen molar-refractivity contribution < 1.29 is 4.74 Å². The van der Waals surface area contributed by atoms with Crippen LogP contribution in [0.15, 0.2) is 29.3 Å². The molecule has 1 saturated heterocycles. The summed E-state index contributed by atoms with van der Waals surface area (Å²) in [5.74, 6) is 2.01. The smallest absolute Gasteiger partial charge is 0.193 e. The van der Waals surface area contributed by atoms with Crippen LogP contribution < -0.4 is 10.1 Å². The van der Waals surface area contributed by atoms with E-state index in [1.807, 2.05) is 18.2 Å². The van der Waals surface area contributed by atoms with Crippen molar-refractivity contribution in [2.24, 2.45) is 4.99 Å². The molecular formula is C16H25N3O. The van der Waals surface area contributed by atoms with Gasteiger partial charge in [-0.1, -0.05) is 18.2 Å². The van der Waals surface area contributed by atoms with E-state index < -0.39 is 0 Å². The summed E-state index contributed by atoms with van der Waals surface area (Å²) in [6, 6.07) is 8.16. The van der Waals surface area contributed by atoms with Crippen molar-refractivity contribution >= 4 is 5.96 Å². The molecule has 0 unspecified atom stereocenters. The van der Waals surface area contributed by atoms with Crippen molar-refractivity contribution in [1.82, 2.24) is 10.2 Å². The van der Waals surface area contributed by atoms with Gasteiger partial charge in [0.25, 0.3) is 0 Å². The Bertz CT molecular complexity index is 439. The Hall–Kier alpha value is -1.71. The third-order valence-electron chi connectivity index (χ3n) is 3.58. The Balaban J connectivity index is 1.95. The number of guanidine groups is 1. The molecule has 0 radical (unpaired) electrons. The lowest BCUT2D eigenvalue weighted by Crippen LogP contribution is -2.39. The fourth-order valence-corrected chi connectivity index (χ4v) is 2.55. The number of para-hydroxylation sites is 1. The fourth-order valence-electron chi connectivity index (χ4n) is 2.55. The van der Waals surface area contributed by atoms with Crippen LogP contribution in [0.3, 0.4) is 0 Å². The van der Waals surface area contributed by atoms with Gasteiger partial charge in [-0.05, 0) is 37.8 Å². The number of ether oxygens (including phenoxy) is 1. The molecule has 1 aliphatic rings. The number of likely N-dealkylation sites (tertiary alicyclic amines) is 1. The third-order valence-corrected chi connectivity index (χ3v) is 3.58. The molecule has 1 fully saturated rings. The van der Waals surface area contributed by atoms with E-state index in [9.17, 15) is 0 Å². The Kier molecular flexibility index (Phi) is 5.71. The van der Waals surface area contributed by atoms with Gasteiger partial charge < -0.3 is 15.0 Å². The normalized spacial score (nSPS) is 15.5. The molecule has 0 aliphatic carbocycles. The summed E-state index contributed by atoms with van der Waals surface area (Å²) in [5, 5.41) is 3.38. The third kappa shape index (κ3) is 3.89. The second kappa shape index (κ2) is 7.78. The van der Waals surface area contributed by atoms with E-state index in [-0.39, 0.29) is 0 Å². The molecule has 0 bridgehead atoms. The lowest BCUT2D eigenvalue weighted by atomic mass is 10.1. The fraction of sp³-hybridized carbons (Fsp3) is 0.562. The molecule has 0 aromatic heterocycles. The summed E-state index contributed by atoms with van der Waals surface area (Å²) < 4.78 is 5.38. The molecule has 0 amide bonds. The second-order valence-electron chi connectivity index (χ2n) is 4.99. The van der Waals surface area contributed by atoms with E-state index in [1.54, 1.807) is 7.11 Å².